The molecule has 2 aromatic carbocycles. The Labute approximate surface area is 160 Å². The van der Waals surface area contributed by atoms with Crippen LogP contribution in [0.2, 0.25) is 0 Å². The highest BCUT2D eigenvalue weighted by atomic mass is 16.5. The number of benzene rings is 2. The summed E-state index contributed by atoms with van der Waals surface area (Å²) in [4.78, 5) is 35.5. The molecule has 0 bridgehead atoms. The number of carbonyl (C=O) groups excluding carboxylic acids is 2. The standard InChI is InChI=1S/C21H19NO6/c1-12-9-19(23)28-18-11-16(7-8-17(12)18)27-13(2)20(24)22-15-6-4-5-14(10-15)21(25)26-3/h4-11,13H,1-3H3,(H,22,24). The van der Waals surface area contributed by atoms with Gasteiger partial charge in [0.05, 0.1) is 12.7 Å². The van der Waals surface area contributed by atoms with E-state index >= 15 is 0 Å². The fourth-order valence-electron chi connectivity index (χ4n) is 2.72. The van der Waals surface area contributed by atoms with Gasteiger partial charge in [-0.3, -0.25) is 4.79 Å². The molecule has 1 amide bonds. The van der Waals surface area contributed by atoms with Crippen LogP contribution in [0.1, 0.15) is 22.8 Å². The summed E-state index contributed by atoms with van der Waals surface area (Å²) in [5.41, 5.74) is 1.52. The van der Waals surface area contributed by atoms with Crippen molar-refractivity contribution < 1.29 is 23.5 Å². The molecule has 7 nitrogen and oxygen atoms in total. The highest BCUT2D eigenvalue weighted by Gasteiger charge is 2.16. The summed E-state index contributed by atoms with van der Waals surface area (Å²) in [7, 11) is 1.29. The van der Waals surface area contributed by atoms with E-state index in [1.165, 1.54) is 19.2 Å². The second-order valence-electron chi connectivity index (χ2n) is 6.23. The van der Waals surface area contributed by atoms with Gasteiger partial charge < -0.3 is 19.2 Å². The van der Waals surface area contributed by atoms with Crippen molar-refractivity contribution in [3.63, 3.8) is 0 Å². The van der Waals surface area contributed by atoms with Gasteiger partial charge in [0.25, 0.3) is 5.91 Å². The number of hydrogen-bond acceptors (Lipinski definition) is 6. The zero-order valence-corrected chi connectivity index (χ0v) is 15.6. The predicted molar refractivity (Wildman–Crippen MR) is 104 cm³/mol. The Hall–Kier alpha value is -3.61. The minimum atomic E-state index is -0.823. The van der Waals surface area contributed by atoms with Crippen LogP contribution >= 0.6 is 0 Å². The van der Waals surface area contributed by atoms with E-state index in [0.717, 1.165) is 10.9 Å². The molecule has 1 N–H and O–H groups in total. The predicted octanol–water partition coefficient (Wildman–Crippen LogP) is 3.29. The third kappa shape index (κ3) is 4.20. The van der Waals surface area contributed by atoms with Crippen LogP contribution in [0, 0.1) is 6.92 Å². The number of carbonyl (C=O) groups is 2. The van der Waals surface area contributed by atoms with Crippen molar-refractivity contribution in [2.75, 3.05) is 12.4 Å². The first-order chi connectivity index (χ1) is 13.4. The molecule has 0 aliphatic rings. The molecule has 3 rings (SSSR count). The van der Waals surface area contributed by atoms with Gasteiger partial charge in [-0.05, 0) is 49.7 Å². The Morgan fingerprint density at radius 2 is 1.89 bits per heavy atom. The zero-order valence-electron chi connectivity index (χ0n) is 15.6. The average molecular weight is 381 g/mol. The molecule has 1 heterocycles. The molecule has 0 saturated carbocycles. The van der Waals surface area contributed by atoms with Crippen molar-refractivity contribution in [1.29, 1.82) is 0 Å². The van der Waals surface area contributed by atoms with Crippen LogP contribution in [0.15, 0.2) is 57.7 Å². The van der Waals surface area contributed by atoms with Gasteiger partial charge in [-0.15, -0.1) is 0 Å². The highest BCUT2D eigenvalue weighted by Crippen LogP contribution is 2.23. The smallest absolute Gasteiger partial charge is 0.337 e. The number of anilines is 1. The van der Waals surface area contributed by atoms with E-state index in [0.29, 0.717) is 22.6 Å². The largest absolute Gasteiger partial charge is 0.481 e. The molecule has 0 fully saturated rings. The average Bonchev–Trinajstić information content (AvgIpc) is 2.67. The number of methoxy groups -OCH3 is 1. The highest BCUT2D eigenvalue weighted by molar-refractivity contribution is 5.96. The molecule has 144 valence electrons. The Bertz CT molecular complexity index is 1100. The molecule has 0 aliphatic heterocycles. The summed E-state index contributed by atoms with van der Waals surface area (Å²) in [5.74, 6) is -0.492. The van der Waals surface area contributed by atoms with E-state index in [9.17, 15) is 14.4 Å². The summed E-state index contributed by atoms with van der Waals surface area (Å²) in [6.07, 6.45) is -0.823. The van der Waals surface area contributed by atoms with E-state index in [1.807, 2.05) is 6.92 Å². The first-order valence-electron chi connectivity index (χ1n) is 8.58. The van der Waals surface area contributed by atoms with E-state index < -0.39 is 23.6 Å². The van der Waals surface area contributed by atoms with Crippen LogP contribution in [-0.2, 0) is 9.53 Å². The molecular formula is C21H19NO6. The van der Waals surface area contributed by atoms with Gasteiger partial charge in [0, 0.05) is 23.2 Å². The normalized spacial score (nSPS) is 11.7. The van der Waals surface area contributed by atoms with Gasteiger partial charge in [-0.25, -0.2) is 9.59 Å². The summed E-state index contributed by atoms with van der Waals surface area (Å²) < 4.78 is 15.5. The van der Waals surface area contributed by atoms with Crippen LogP contribution in [0.25, 0.3) is 11.0 Å². The Morgan fingerprint density at radius 1 is 1.11 bits per heavy atom. The molecule has 0 saturated heterocycles. The first-order valence-corrected chi connectivity index (χ1v) is 8.58. The summed E-state index contributed by atoms with van der Waals surface area (Å²) in [5, 5.41) is 3.49. The molecule has 3 aromatic rings. The Balaban J connectivity index is 1.73. The maximum absolute atomic E-state index is 12.4. The monoisotopic (exact) mass is 381 g/mol. The van der Waals surface area contributed by atoms with Gasteiger partial charge in [-0.1, -0.05) is 6.07 Å². The molecule has 0 radical (unpaired) electrons. The van der Waals surface area contributed by atoms with Gasteiger partial charge in [0.2, 0.25) is 0 Å². The van der Waals surface area contributed by atoms with E-state index in [4.69, 9.17) is 9.15 Å². The lowest BCUT2D eigenvalue weighted by Crippen LogP contribution is -2.30. The van der Waals surface area contributed by atoms with Crippen LogP contribution in [0.3, 0.4) is 0 Å². The topological polar surface area (TPSA) is 94.8 Å². The molecule has 28 heavy (non-hydrogen) atoms. The van der Waals surface area contributed by atoms with Crippen molar-refractivity contribution in [2.24, 2.45) is 0 Å². The maximum atomic E-state index is 12.4. The summed E-state index contributed by atoms with van der Waals surface area (Å²) in [6, 6.07) is 12.9. The second-order valence-corrected chi connectivity index (χ2v) is 6.23. The molecule has 1 unspecified atom stereocenters. The Kier molecular flexibility index (Phi) is 5.44. The van der Waals surface area contributed by atoms with Crippen LogP contribution in [-0.4, -0.2) is 25.1 Å². The molecule has 0 spiro atoms. The number of hydrogen-bond donors (Lipinski definition) is 1. The van der Waals surface area contributed by atoms with Gasteiger partial charge in [-0.2, -0.15) is 0 Å². The van der Waals surface area contributed by atoms with Crippen LogP contribution < -0.4 is 15.7 Å². The van der Waals surface area contributed by atoms with Gasteiger partial charge in [0.15, 0.2) is 6.10 Å². The van der Waals surface area contributed by atoms with Crippen molar-refractivity contribution in [1.82, 2.24) is 0 Å². The molecule has 1 atom stereocenters. The van der Waals surface area contributed by atoms with Crippen molar-refractivity contribution in [3.05, 3.63) is 70.1 Å². The number of ether oxygens (including phenoxy) is 2. The molecule has 1 aromatic heterocycles. The number of amides is 1. The van der Waals surface area contributed by atoms with E-state index in [2.05, 4.69) is 10.1 Å². The summed E-state index contributed by atoms with van der Waals surface area (Å²) >= 11 is 0. The third-order valence-corrected chi connectivity index (χ3v) is 4.16. The van der Waals surface area contributed by atoms with E-state index in [-0.39, 0.29) is 0 Å². The lowest BCUT2D eigenvalue weighted by atomic mass is 10.1. The molecule has 7 heteroatoms. The van der Waals surface area contributed by atoms with Crippen molar-refractivity contribution in [3.8, 4) is 5.75 Å². The zero-order chi connectivity index (χ0) is 20.3. The number of fused-ring (bicyclic) bond motifs is 1. The quantitative estimate of drug-likeness (QED) is 0.538. The fraction of sp³-hybridized carbons (Fsp3) is 0.190. The number of nitrogens with one attached hydrogen (secondary N) is 1. The van der Waals surface area contributed by atoms with Crippen molar-refractivity contribution in [2.45, 2.75) is 20.0 Å². The minimum Gasteiger partial charge on any atom is -0.481 e. The van der Waals surface area contributed by atoms with Gasteiger partial charge >= 0.3 is 11.6 Å². The third-order valence-electron chi connectivity index (χ3n) is 4.16. The second kappa shape index (κ2) is 7.96. The number of rotatable bonds is 5. The lowest BCUT2D eigenvalue weighted by molar-refractivity contribution is -0.122. The molecular weight excluding hydrogens is 362 g/mol. The summed E-state index contributed by atoms with van der Waals surface area (Å²) in [6.45, 7) is 3.41. The fourth-order valence-corrected chi connectivity index (χ4v) is 2.72. The van der Waals surface area contributed by atoms with Gasteiger partial charge in [0.1, 0.15) is 11.3 Å². The first kappa shape index (κ1) is 19.2. The van der Waals surface area contributed by atoms with Crippen LogP contribution in [0.5, 0.6) is 5.75 Å². The Morgan fingerprint density at radius 3 is 2.64 bits per heavy atom. The lowest BCUT2D eigenvalue weighted by Gasteiger charge is -2.15. The van der Waals surface area contributed by atoms with Crippen molar-refractivity contribution >= 4 is 28.5 Å². The number of aryl methyl sites for hydroxylation is 1. The minimum absolute atomic E-state index is 0.328. The van der Waals surface area contributed by atoms with E-state index in [1.54, 1.807) is 43.3 Å². The van der Waals surface area contributed by atoms with Crippen LogP contribution in [0.4, 0.5) is 5.69 Å². The molecule has 0 aliphatic carbocycles. The SMILES string of the molecule is COC(=O)c1cccc(NC(=O)C(C)Oc2ccc3c(C)cc(=O)oc3c2)c1. The maximum Gasteiger partial charge on any atom is 0.337 e. The number of esters is 1.